The Morgan fingerprint density at radius 3 is 2.53 bits per heavy atom. The summed E-state index contributed by atoms with van der Waals surface area (Å²) in [5, 5.41) is 10.1. The summed E-state index contributed by atoms with van der Waals surface area (Å²) in [7, 11) is -0.354. The Bertz CT molecular complexity index is 1270. The lowest BCUT2D eigenvalue weighted by atomic mass is 10.0. The van der Waals surface area contributed by atoms with E-state index in [0.717, 1.165) is 38.8 Å². The van der Waals surface area contributed by atoms with Gasteiger partial charge in [-0.2, -0.15) is 0 Å². The summed E-state index contributed by atoms with van der Waals surface area (Å²) in [5.74, 6) is 0.540. The normalized spacial score (nSPS) is 21.4. The van der Waals surface area contributed by atoms with Crippen LogP contribution in [0, 0.1) is 5.92 Å². The second-order valence-corrected chi connectivity index (χ2v) is 13.2. The van der Waals surface area contributed by atoms with Crippen molar-refractivity contribution in [1.82, 2.24) is 9.80 Å². The molecule has 0 aliphatic carbocycles. The van der Waals surface area contributed by atoms with Crippen LogP contribution < -0.4 is 14.2 Å². The highest BCUT2D eigenvalue weighted by molar-refractivity contribution is 7.92. The highest BCUT2D eigenvalue weighted by Crippen LogP contribution is 2.30. The summed E-state index contributed by atoms with van der Waals surface area (Å²) in [6.45, 7) is 10.4. The van der Waals surface area contributed by atoms with Crippen LogP contribution in [0.1, 0.15) is 63.7 Å². The molecule has 0 spiro atoms. The van der Waals surface area contributed by atoms with Crippen molar-refractivity contribution in [3.8, 4) is 11.5 Å². The van der Waals surface area contributed by atoms with Gasteiger partial charge in [0.05, 0.1) is 42.4 Å². The molecule has 2 aromatic carbocycles. The van der Waals surface area contributed by atoms with E-state index in [1.807, 2.05) is 6.92 Å². The predicted molar refractivity (Wildman–Crippen MR) is 168 cm³/mol. The zero-order valence-electron chi connectivity index (χ0n) is 26.4. The van der Waals surface area contributed by atoms with E-state index in [-0.39, 0.29) is 46.8 Å². The molecule has 1 heterocycles. The number of fused-ring (bicyclic) bond motifs is 1. The molecule has 4 atom stereocenters. The fraction of sp³-hybridized carbons (Fsp3) is 0.594. The summed E-state index contributed by atoms with van der Waals surface area (Å²) in [5.41, 5.74) is 0.458. The van der Waals surface area contributed by atoms with Gasteiger partial charge in [0.2, 0.25) is 0 Å². The number of sulfonamides is 1. The van der Waals surface area contributed by atoms with Gasteiger partial charge in [0.15, 0.2) is 0 Å². The van der Waals surface area contributed by atoms with Crippen molar-refractivity contribution in [2.45, 2.75) is 76.5 Å². The quantitative estimate of drug-likeness (QED) is 0.395. The topological polar surface area (TPSA) is 118 Å². The lowest BCUT2D eigenvalue weighted by molar-refractivity contribution is -0.0167. The van der Waals surface area contributed by atoms with Crippen molar-refractivity contribution in [3.05, 3.63) is 48.0 Å². The maximum Gasteiger partial charge on any atom is 0.261 e. The standard InChI is InChI=1S/C32H49N3O7S/c1-7-17-34(5)21-31-23(2)20-35(24(3)22-36)32(37)29-19-26(11-16-30(29)42-25(4)10-8-9-18-41-31)33-43(38,39)28-14-12-27(40-6)13-15-28/h11-16,19,23-25,31,33,36H,7-10,17-18,20-22H2,1-6H3/t23-,24+,25+,31+/m0/s1. The van der Waals surface area contributed by atoms with Crippen molar-refractivity contribution in [1.29, 1.82) is 0 Å². The van der Waals surface area contributed by atoms with Crippen LogP contribution in [-0.2, 0) is 14.8 Å². The Labute approximate surface area is 257 Å². The van der Waals surface area contributed by atoms with Gasteiger partial charge < -0.3 is 29.1 Å². The van der Waals surface area contributed by atoms with E-state index in [0.29, 0.717) is 24.7 Å². The van der Waals surface area contributed by atoms with E-state index in [9.17, 15) is 18.3 Å². The molecule has 0 saturated carbocycles. The largest absolute Gasteiger partial charge is 0.497 e. The number of rotatable bonds is 10. The number of amides is 1. The van der Waals surface area contributed by atoms with Crippen LogP contribution in [0.5, 0.6) is 11.5 Å². The first-order valence-corrected chi connectivity index (χ1v) is 16.7. The molecule has 11 heteroatoms. The molecule has 1 aliphatic rings. The fourth-order valence-corrected chi connectivity index (χ4v) is 6.25. The van der Waals surface area contributed by atoms with Gasteiger partial charge in [-0.1, -0.05) is 13.8 Å². The van der Waals surface area contributed by atoms with Crippen molar-refractivity contribution in [3.63, 3.8) is 0 Å². The minimum atomic E-state index is -3.94. The number of hydrogen-bond donors (Lipinski definition) is 2. The summed E-state index contributed by atoms with van der Waals surface area (Å²) >= 11 is 0. The molecular formula is C32H49N3O7S. The minimum Gasteiger partial charge on any atom is -0.497 e. The highest BCUT2D eigenvalue weighted by atomic mass is 32.2. The number of hydrogen-bond acceptors (Lipinski definition) is 8. The van der Waals surface area contributed by atoms with Gasteiger partial charge in [-0.15, -0.1) is 0 Å². The molecule has 2 N–H and O–H groups in total. The molecule has 0 saturated heterocycles. The molecule has 0 radical (unpaired) electrons. The van der Waals surface area contributed by atoms with E-state index >= 15 is 0 Å². The maximum absolute atomic E-state index is 14.2. The fourth-order valence-electron chi connectivity index (χ4n) is 5.20. The van der Waals surface area contributed by atoms with Crippen LogP contribution in [0.4, 0.5) is 5.69 Å². The Hall–Kier alpha value is -2.86. The van der Waals surface area contributed by atoms with Gasteiger partial charge in [0.1, 0.15) is 11.5 Å². The number of aliphatic hydroxyl groups excluding tert-OH is 1. The highest BCUT2D eigenvalue weighted by Gasteiger charge is 2.30. The molecule has 2 aromatic rings. The van der Waals surface area contributed by atoms with Gasteiger partial charge >= 0.3 is 0 Å². The smallest absolute Gasteiger partial charge is 0.261 e. The summed E-state index contributed by atoms with van der Waals surface area (Å²) in [4.78, 5) is 18.2. The van der Waals surface area contributed by atoms with E-state index in [1.54, 1.807) is 36.1 Å². The Morgan fingerprint density at radius 1 is 1.16 bits per heavy atom. The molecule has 0 bridgehead atoms. The summed E-state index contributed by atoms with van der Waals surface area (Å²) in [6.07, 6.45) is 3.33. The number of aliphatic hydroxyl groups is 1. The van der Waals surface area contributed by atoms with Crippen LogP contribution in [0.3, 0.4) is 0 Å². The summed E-state index contributed by atoms with van der Waals surface area (Å²) in [6, 6.07) is 10.3. The molecule has 0 aromatic heterocycles. The molecular weight excluding hydrogens is 570 g/mol. The third-order valence-corrected chi connectivity index (χ3v) is 9.17. The Balaban J connectivity index is 1.99. The van der Waals surface area contributed by atoms with Gasteiger partial charge in [-0.3, -0.25) is 9.52 Å². The Morgan fingerprint density at radius 2 is 1.88 bits per heavy atom. The number of nitrogens with one attached hydrogen (secondary N) is 1. The SMILES string of the molecule is CCCN(C)C[C@H]1OCCCC[C@@H](C)Oc2ccc(NS(=O)(=O)c3ccc(OC)cc3)cc2C(=O)N([C@H](C)CO)C[C@@H]1C. The first kappa shape index (κ1) is 34.6. The molecule has 10 nitrogen and oxygen atoms in total. The van der Waals surface area contributed by atoms with Crippen LogP contribution >= 0.6 is 0 Å². The van der Waals surface area contributed by atoms with E-state index in [1.165, 1.54) is 25.3 Å². The van der Waals surface area contributed by atoms with Crippen LogP contribution in [-0.4, -0.2) is 94.5 Å². The number of methoxy groups -OCH3 is 1. The lowest BCUT2D eigenvalue weighted by Gasteiger charge is -2.35. The monoisotopic (exact) mass is 619 g/mol. The first-order chi connectivity index (χ1) is 20.5. The van der Waals surface area contributed by atoms with Crippen LogP contribution in [0.2, 0.25) is 0 Å². The number of likely N-dealkylation sites (N-methyl/N-ethyl adjacent to an activating group) is 1. The molecule has 43 heavy (non-hydrogen) atoms. The van der Waals surface area contributed by atoms with E-state index < -0.39 is 16.1 Å². The zero-order chi connectivity index (χ0) is 31.6. The number of carbonyl (C=O) groups is 1. The number of nitrogens with zero attached hydrogens (tertiary/aromatic N) is 2. The number of ether oxygens (including phenoxy) is 3. The van der Waals surface area contributed by atoms with Gasteiger partial charge in [0, 0.05) is 31.3 Å². The second-order valence-electron chi connectivity index (χ2n) is 11.6. The molecule has 0 unspecified atom stereocenters. The number of anilines is 1. The Kier molecular flexibility index (Phi) is 13.1. The zero-order valence-corrected chi connectivity index (χ0v) is 27.2. The molecule has 1 amide bonds. The third kappa shape index (κ3) is 9.82. The maximum atomic E-state index is 14.2. The van der Waals surface area contributed by atoms with Crippen molar-refractivity contribution >= 4 is 21.6 Å². The van der Waals surface area contributed by atoms with Crippen molar-refractivity contribution in [2.24, 2.45) is 5.92 Å². The van der Waals surface area contributed by atoms with Crippen molar-refractivity contribution in [2.75, 3.05) is 51.7 Å². The lowest BCUT2D eigenvalue weighted by Crippen LogP contribution is -2.47. The number of carbonyl (C=O) groups excluding carboxylic acids is 1. The summed E-state index contributed by atoms with van der Waals surface area (Å²) < 4.78 is 46.7. The third-order valence-electron chi connectivity index (χ3n) is 7.77. The van der Waals surface area contributed by atoms with Crippen molar-refractivity contribution < 1.29 is 32.5 Å². The van der Waals surface area contributed by atoms with E-state index in [2.05, 4.69) is 30.5 Å². The molecule has 3 rings (SSSR count). The van der Waals surface area contributed by atoms with Gasteiger partial charge in [-0.05, 0) is 95.6 Å². The first-order valence-electron chi connectivity index (χ1n) is 15.2. The van der Waals surface area contributed by atoms with Gasteiger partial charge in [0.25, 0.3) is 15.9 Å². The average Bonchev–Trinajstić information content (AvgIpc) is 2.98. The molecule has 1 aliphatic heterocycles. The van der Waals surface area contributed by atoms with Gasteiger partial charge in [-0.25, -0.2) is 8.42 Å². The second kappa shape index (κ2) is 16.3. The molecule has 0 fully saturated rings. The van der Waals surface area contributed by atoms with Crippen LogP contribution in [0.25, 0.3) is 0 Å². The minimum absolute atomic E-state index is 0.0275. The van der Waals surface area contributed by atoms with Crippen LogP contribution in [0.15, 0.2) is 47.4 Å². The van der Waals surface area contributed by atoms with E-state index in [4.69, 9.17) is 14.2 Å². The predicted octanol–water partition coefficient (Wildman–Crippen LogP) is 4.63. The number of benzene rings is 2. The molecule has 240 valence electrons. The average molecular weight is 620 g/mol.